The molecule has 0 bridgehead atoms. The van der Waals surface area contributed by atoms with Crippen LogP contribution in [0.5, 0.6) is 0 Å². The fourth-order valence-electron chi connectivity index (χ4n) is 2.18. The van der Waals surface area contributed by atoms with Gasteiger partial charge in [-0.15, -0.1) is 0 Å². The van der Waals surface area contributed by atoms with Crippen molar-refractivity contribution in [2.75, 3.05) is 6.54 Å². The molecule has 1 N–H and O–H groups in total. The Hall–Kier alpha value is -1.68. The molecule has 1 unspecified atom stereocenters. The Morgan fingerprint density at radius 3 is 2.70 bits per heavy atom. The quantitative estimate of drug-likeness (QED) is 0.803. The Labute approximate surface area is 120 Å². The van der Waals surface area contributed by atoms with Crippen molar-refractivity contribution in [3.8, 4) is 0 Å². The summed E-state index contributed by atoms with van der Waals surface area (Å²) in [5.74, 6) is 1.55. The summed E-state index contributed by atoms with van der Waals surface area (Å²) < 4.78 is 5.29. The molecule has 1 atom stereocenters. The van der Waals surface area contributed by atoms with Gasteiger partial charge in [0, 0.05) is 18.9 Å². The number of hydrogen-bond acceptors (Lipinski definition) is 4. The number of benzene rings is 1. The van der Waals surface area contributed by atoms with Crippen LogP contribution in [0, 0.1) is 0 Å². The molecular weight excluding hydrogens is 250 g/mol. The van der Waals surface area contributed by atoms with E-state index in [4.69, 9.17) is 4.52 Å². The third kappa shape index (κ3) is 4.78. The van der Waals surface area contributed by atoms with Gasteiger partial charge in [0.25, 0.3) is 0 Å². The normalized spacial score (nSPS) is 12.5. The van der Waals surface area contributed by atoms with Crippen molar-refractivity contribution in [2.24, 2.45) is 0 Å². The first-order chi connectivity index (χ1) is 9.78. The topological polar surface area (TPSA) is 51.0 Å². The van der Waals surface area contributed by atoms with Crippen LogP contribution in [0.2, 0.25) is 0 Å². The van der Waals surface area contributed by atoms with Crippen LogP contribution in [-0.2, 0) is 19.3 Å². The van der Waals surface area contributed by atoms with Crippen LogP contribution in [0.25, 0.3) is 0 Å². The van der Waals surface area contributed by atoms with Crippen LogP contribution in [0.4, 0.5) is 0 Å². The van der Waals surface area contributed by atoms with Gasteiger partial charge in [0.2, 0.25) is 5.89 Å². The minimum Gasteiger partial charge on any atom is -0.339 e. The zero-order chi connectivity index (χ0) is 14.2. The van der Waals surface area contributed by atoms with Crippen molar-refractivity contribution in [1.29, 1.82) is 0 Å². The maximum Gasteiger partial charge on any atom is 0.226 e. The van der Waals surface area contributed by atoms with E-state index in [0.717, 1.165) is 43.9 Å². The molecule has 2 aromatic rings. The lowest BCUT2D eigenvalue weighted by molar-refractivity contribution is 0.363. The molecule has 1 aromatic heterocycles. The van der Waals surface area contributed by atoms with Crippen molar-refractivity contribution in [3.05, 3.63) is 47.6 Å². The maximum absolute atomic E-state index is 5.29. The van der Waals surface area contributed by atoms with E-state index >= 15 is 0 Å². The molecule has 0 radical (unpaired) electrons. The Kier molecular flexibility index (Phi) is 5.74. The van der Waals surface area contributed by atoms with Gasteiger partial charge in [-0.25, -0.2) is 0 Å². The lowest BCUT2D eigenvalue weighted by atomic mass is 10.1. The summed E-state index contributed by atoms with van der Waals surface area (Å²) in [6, 6.07) is 10.9. The molecule has 0 aliphatic carbocycles. The first kappa shape index (κ1) is 14.7. The van der Waals surface area contributed by atoms with Crippen LogP contribution in [0.1, 0.15) is 37.5 Å². The van der Waals surface area contributed by atoms with Crippen LogP contribution in [-0.4, -0.2) is 22.7 Å². The van der Waals surface area contributed by atoms with Gasteiger partial charge in [-0.2, -0.15) is 4.98 Å². The minimum atomic E-state index is 0.486. The van der Waals surface area contributed by atoms with Crippen molar-refractivity contribution < 1.29 is 4.52 Å². The summed E-state index contributed by atoms with van der Waals surface area (Å²) in [6.45, 7) is 5.29. The van der Waals surface area contributed by atoms with Gasteiger partial charge in [-0.3, -0.25) is 0 Å². The maximum atomic E-state index is 5.29. The highest BCUT2D eigenvalue weighted by atomic mass is 16.5. The molecule has 4 heteroatoms. The molecule has 20 heavy (non-hydrogen) atoms. The molecular formula is C16H23N3O. The number of nitrogens with one attached hydrogen (secondary N) is 1. The average Bonchev–Trinajstić information content (AvgIpc) is 2.92. The predicted octanol–water partition coefficient (Wildman–Crippen LogP) is 2.79. The molecule has 0 aliphatic heterocycles. The van der Waals surface area contributed by atoms with Crippen molar-refractivity contribution in [2.45, 2.75) is 45.6 Å². The van der Waals surface area contributed by atoms with Crippen LogP contribution in [0.15, 0.2) is 34.9 Å². The highest BCUT2D eigenvalue weighted by Crippen LogP contribution is 2.07. The van der Waals surface area contributed by atoms with Crippen LogP contribution < -0.4 is 5.32 Å². The molecule has 0 fully saturated rings. The zero-order valence-electron chi connectivity index (χ0n) is 12.3. The summed E-state index contributed by atoms with van der Waals surface area (Å²) in [7, 11) is 0. The van der Waals surface area contributed by atoms with E-state index in [1.165, 1.54) is 5.56 Å². The second kappa shape index (κ2) is 7.80. The number of aryl methyl sites for hydroxylation is 3. The molecule has 4 nitrogen and oxygen atoms in total. The highest BCUT2D eigenvalue weighted by Gasteiger charge is 2.08. The third-order valence-corrected chi connectivity index (χ3v) is 3.33. The van der Waals surface area contributed by atoms with E-state index < -0.39 is 0 Å². The molecule has 2 rings (SSSR count). The summed E-state index contributed by atoms with van der Waals surface area (Å²) in [6.07, 6.45) is 3.64. The molecule has 0 aliphatic rings. The largest absolute Gasteiger partial charge is 0.339 e. The van der Waals surface area contributed by atoms with Crippen molar-refractivity contribution >= 4 is 0 Å². The fourth-order valence-corrected chi connectivity index (χ4v) is 2.18. The van der Waals surface area contributed by atoms with E-state index in [0.29, 0.717) is 6.04 Å². The van der Waals surface area contributed by atoms with Crippen LogP contribution in [0.3, 0.4) is 0 Å². The number of aromatic nitrogens is 2. The van der Waals surface area contributed by atoms with Gasteiger partial charge in [-0.1, -0.05) is 42.4 Å². The summed E-state index contributed by atoms with van der Waals surface area (Å²) >= 11 is 0. The van der Waals surface area contributed by atoms with Gasteiger partial charge >= 0.3 is 0 Å². The van der Waals surface area contributed by atoms with E-state index in [2.05, 4.69) is 53.6 Å². The highest BCUT2D eigenvalue weighted by molar-refractivity contribution is 5.15. The van der Waals surface area contributed by atoms with Gasteiger partial charge < -0.3 is 9.84 Å². The zero-order valence-corrected chi connectivity index (χ0v) is 12.3. The van der Waals surface area contributed by atoms with Crippen LogP contribution >= 0.6 is 0 Å². The lowest BCUT2D eigenvalue weighted by Crippen LogP contribution is -2.25. The van der Waals surface area contributed by atoms with Gasteiger partial charge in [0.1, 0.15) is 0 Å². The van der Waals surface area contributed by atoms with E-state index in [1.807, 2.05) is 6.07 Å². The Bertz CT molecular complexity index is 495. The predicted molar refractivity (Wildman–Crippen MR) is 79.6 cm³/mol. The third-order valence-electron chi connectivity index (χ3n) is 3.33. The average molecular weight is 273 g/mol. The number of hydrogen-bond donors (Lipinski definition) is 1. The van der Waals surface area contributed by atoms with Crippen molar-refractivity contribution in [1.82, 2.24) is 15.5 Å². The minimum absolute atomic E-state index is 0.486. The van der Waals surface area contributed by atoms with Crippen molar-refractivity contribution in [3.63, 3.8) is 0 Å². The smallest absolute Gasteiger partial charge is 0.226 e. The fraction of sp³-hybridized carbons (Fsp3) is 0.500. The first-order valence-electron chi connectivity index (χ1n) is 7.36. The van der Waals surface area contributed by atoms with Gasteiger partial charge in [0.05, 0.1) is 0 Å². The first-order valence-corrected chi connectivity index (χ1v) is 7.36. The Balaban J connectivity index is 1.77. The van der Waals surface area contributed by atoms with E-state index in [9.17, 15) is 0 Å². The molecule has 0 amide bonds. The molecule has 0 saturated carbocycles. The number of rotatable bonds is 8. The lowest BCUT2D eigenvalue weighted by Gasteiger charge is -2.09. The molecule has 1 heterocycles. The van der Waals surface area contributed by atoms with E-state index in [1.54, 1.807) is 0 Å². The summed E-state index contributed by atoms with van der Waals surface area (Å²) in [5, 5.41) is 7.43. The summed E-state index contributed by atoms with van der Waals surface area (Å²) in [5.41, 5.74) is 1.31. The molecule has 0 spiro atoms. The SMILES string of the molecule is CCNC(C)CCc1nc(CCc2ccccc2)no1. The molecule has 0 saturated heterocycles. The summed E-state index contributed by atoms with van der Waals surface area (Å²) in [4.78, 5) is 4.45. The van der Waals surface area contributed by atoms with Gasteiger partial charge in [0.15, 0.2) is 5.82 Å². The number of nitrogens with zero attached hydrogens (tertiary/aromatic N) is 2. The standard InChI is InChI=1S/C16H23N3O/c1-3-17-13(2)9-12-16-18-15(19-20-16)11-10-14-7-5-4-6-8-14/h4-8,13,17H,3,9-12H2,1-2H3. The monoisotopic (exact) mass is 273 g/mol. The molecule has 1 aromatic carbocycles. The Morgan fingerprint density at radius 1 is 1.15 bits per heavy atom. The Morgan fingerprint density at radius 2 is 1.95 bits per heavy atom. The van der Waals surface area contributed by atoms with Gasteiger partial charge in [-0.05, 0) is 31.9 Å². The molecule has 108 valence electrons. The second-order valence-electron chi connectivity index (χ2n) is 5.09. The second-order valence-corrected chi connectivity index (χ2v) is 5.09. The van der Waals surface area contributed by atoms with E-state index in [-0.39, 0.29) is 0 Å².